The molecule has 0 spiro atoms. The van der Waals surface area contributed by atoms with Gasteiger partial charge in [-0.05, 0) is 12.8 Å². The number of rotatable bonds is 3. The highest BCUT2D eigenvalue weighted by molar-refractivity contribution is 5.99. The van der Waals surface area contributed by atoms with Crippen LogP contribution in [0.3, 0.4) is 0 Å². The molecular weight excluding hydrogens is 409 g/mol. The number of carbonyl (C=O) groups excluding carboxylic acids is 2. The smallest absolute Gasteiger partial charge is 0.274 e. The molecule has 4 rings (SSSR count). The van der Waals surface area contributed by atoms with Crippen LogP contribution in [-0.2, 0) is 13.0 Å². The fourth-order valence-corrected chi connectivity index (χ4v) is 3.88. The Morgan fingerprint density at radius 3 is 2.41 bits per heavy atom. The van der Waals surface area contributed by atoms with Gasteiger partial charge < -0.3 is 10.2 Å². The maximum atomic E-state index is 13.9. The molecule has 1 fully saturated rings. The van der Waals surface area contributed by atoms with Crippen molar-refractivity contribution in [1.82, 2.24) is 20.4 Å². The van der Waals surface area contributed by atoms with Crippen molar-refractivity contribution in [3.8, 4) is 0 Å². The molecule has 6 nitrogen and oxygen atoms in total. The van der Waals surface area contributed by atoms with E-state index < -0.39 is 34.7 Å². The summed E-state index contributed by atoms with van der Waals surface area (Å²) in [5.41, 5.74) is 1.49. The van der Waals surface area contributed by atoms with E-state index in [-0.39, 0.29) is 44.2 Å². The molecule has 2 aliphatic rings. The molecule has 0 saturated carbocycles. The number of likely N-dealkylation sites (tertiary alicyclic amines) is 1. The normalized spacial score (nSPS) is 16.9. The number of benzene rings is 1. The van der Waals surface area contributed by atoms with Crippen molar-refractivity contribution in [1.29, 1.82) is 0 Å². The Morgan fingerprint density at radius 2 is 1.76 bits per heavy atom. The first-order valence-corrected chi connectivity index (χ1v) is 9.20. The highest BCUT2D eigenvalue weighted by Gasteiger charge is 2.33. The lowest BCUT2D eigenvalue weighted by Gasteiger charge is -2.31. The molecule has 2 aromatic rings. The number of piperidine rings is 1. The minimum Gasteiger partial charge on any atom is -0.337 e. The van der Waals surface area contributed by atoms with E-state index >= 15 is 0 Å². The summed E-state index contributed by atoms with van der Waals surface area (Å²) in [5, 5.41) is 10.3. The molecule has 1 aromatic heterocycles. The molecule has 2 N–H and O–H groups in total. The molecule has 3 heterocycles. The Labute approximate surface area is 171 Å². The highest BCUT2D eigenvalue weighted by Crippen LogP contribution is 2.27. The lowest BCUT2D eigenvalue weighted by molar-refractivity contribution is 0.0642. The number of nitrogens with zero attached hydrogens (tertiary/aromatic N) is 2. The number of H-pyrrole nitrogens is 1. The molecule has 2 aliphatic heterocycles. The number of hydrogen-bond donors (Lipinski definition) is 2. The lowest BCUT2D eigenvalue weighted by Crippen LogP contribution is -2.41. The first-order valence-electron chi connectivity index (χ1n) is 9.20. The Bertz CT molecular complexity index is 919. The second-order valence-electron chi connectivity index (χ2n) is 7.13. The summed E-state index contributed by atoms with van der Waals surface area (Å²) in [6.07, 6.45) is 1.35. The van der Waals surface area contributed by atoms with E-state index in [9.17, 15) is 22.8 Å². The Morgan fingerprint density at radius 1 is 1.10 bits per heavy atom. The van der Waals surface area contributed by atoms with E-state index in [4.69, 9.17) is 0 Å². The van der Waals surface area contributed by atoms with Crippen molar-refractivity contribution >= 4 is 24.1 Å². The van der Waals surface area contributed by atoms with E-state index in [2.05, 4.69) is 15.5 Å². The standard InChI is InChI=1S/C19H19F3N4O2.ClH/c20-11-7-13(21)16(14(22)8-11)18(27)10-2-5-26(6-3-10)19(28)17-12-9-23-4-1-15(12)24-25-17;/h7-8,10,23H,1-6,9H2,(H,24,25);1H. The van der Waals surface area contributed by atoms with Crippen molar-refractivity contribution in [2.75, 3.05) is 19.6 Å². The number of fused-ring (bicyclic) bond motifs is 1. The third kappa shape index (κ3) is 4.02. The van der Waals surface area contributed by atoms with E-state index in [1.165, 1.54) is 0 Å². The molecule has 156 valence electrons. The first kappa shape index (κ1) is 21.3. The summed E-state index contributed by atoms with van der Waals surface area (Å²) in [6.45, 7) is 1.97. The first-order chi connectivity index (χ1) is 13.5. The minimum absolute atomic E-state index is 0. The fourth-order valence-electron chi connectivity index (χ4n) is 3.88. The molecule has 0 bridgehead atoms. The van der Waals surface area contributed by atoms with Crippen LogP contribution in [0.5, 0.6) is 0 Å². The van der Waals surface area contributed by atoms with E-state index in [1.807, 2.05) is 0 Å². The van der Waals surface area contributed by atoms with Crippen LogP contribution in [0.4, 0.5) is 13.2 Å². The van der Waals surface area contributed by atoms with Crippen molar-refractivity contribution in [2.45, 2.75) is 25.8 Å². The van der Waals surface area contributed by atoms with Crippen LogP contribution in [0.1, 0.15) is 44.9 Å². The number of Topliss-reactive ketones (excluding diaryl/α,β-unsaturated/α-hetero) is 1. The molecule has 29 heavy (non-hydrogen) atoms. The van der Waals surface area contributed by atoms with Gasteiger partial charge in [-0.25, -0.2) is 13.2 Å². The molecule has 1 aromatic carbocycles. The number of carbonyl (C=O) groups is 2. The van der Waals surface area contributed by atoms with Gasteiger partial charge in [0.25, 0.3) is 5.91 Å². The van der Waals surface area contributed by atoms with Gasteiger partial charge in [0.2, 0.25) is 0 Å². The van der Waals surface area contributed by atoms with Gasteiger partial charge in [0, 0.05) is 61.9 Å². The summed E-state index contributed by atoms with van der Waals surface area (Å²) in [7, 11) is 0. The van der Waals surface area contributed by atoms with Gasteiger partial charge in [0.1, 0.15) is 17.5 Å². The summed E-state index contributed by atoms with van der Waals surface area (Å²) in [4.78, 5) is 26.9. The highest BCUT2D eigenvalue weighted by atomic mass is 35.5. The second-order valence-corrected chi connectivity index (χ2v) is 7.13. The maximum Gasteiger partial charge on any atom is 0.274 e. The van der Waals surface area contributed by atoms with Crippen molar-refractivity contribution in [2.24, 2.45) is 5.92 Å². The van der Waals surface area contributed by atoms with Crippen molar-refractivity contribution < 1.29 is 22.8 Å². The van der Waals surface area contributed by atoms with E-state index in [1.54, 1.807) is 4.90 Å². The zero-order valence-electron chi connectivity index (χ0n) is 15.4. The number of nitrogens with one attached hydrogen (secondary N) is 2. The number of halogens is 4. The number of hydrogen-bond acceptors (Lipinski definition) is 4. The minimum atomic E-state index is -1.20. The number of aromatic nitrogens is 2. The summed E-state index contributed by atoms with van der Waals surface area (Å²) in [6, 6.07) is 1.01. The quantitative estimate of drug-likeness (QED) is 0.737. The predicted molar refractivity (Wildman–Crippen MR) is 101 cm³/mol. The number of aromatic amines is 1. The molecular formula is C19H20ClF3N4O2. The van der Waals surface area contributed by atoms with Crippen LogP contribution in [0.25, 0.3) is 0 Å². The van der Waals surface area contributed by atoms with E-state index in [0.717, 1.165) is 24.2 Å². The molecule has 1 amide bonds. The van der Waals surface area contributed by atoms with Gasteiger partial charge in [-0.15, -0.1) is 12.4 Å². The van der Waals surface area contributed by atoms with Crippen LogP contribution in [0, 0.1) is 23.4 Å². The van der Waals surface area contributed by atoms with Gasteiger partial charge in [0.05, 0.1) is 5.56 Å². The Hall–Kier alpha value is -2.39. The Balaban J connectivity index is 0.00000240. The topological polar surface area (TPSA) is 78.1 Å². The summed E-state index contributed by atoms with van der Waals surface area (Å²) >= 11 is 0. The van der Waals surface area contributed by atoms with Gasteiger partial charge in [-0.3, -0.25) is 14.7 Å². The molecule has 0 radical (unpaired) electrons. The third-order valence-corrected chi connectivity index (χ3v) is 5.42. The van der Waals surface area contributed by atoms with E-state index in [0.29, 0.717) is 24.4 Å². The average Bonchev–Trinajstić information content (AvgIpc) is 3.11. The van der Waals surface area contributed by atoms with Crippen LogP contribution in [0.15, 0.2) is 12.1 Å². The van der Waals surface area contributed by atoms with Gasteiger partial charge in [-0.1, -0.05) is 0 Å². The molecule has 1 saturated heterocycles. The lowest BCUT2D eigenvalue weighted by atomic mass is 9.88. The maximum absolute atomic E-state index is 13.9. The summed E-state index contributed by atoms with van der Waals surface area (Å²) in [5.74, 6) is -4.99. The molecule has 0 aliphatic carbocycles. The van der Waals surface area contributed by atoms with Crippen LogP contribution < -0.4 is 5.32 Å². The van der Waals surface area contributed by atoms with Crippen LogP contribution >= 0.6 is 12.4 Å². The average molecular weight is 429 g/mol. The molecule has 10 heteroatoms. The number of amides is 1. The van der Waals surface area contributed by atoms with Gasteiger partial charge in [0.15, 0.2) is 11.5 Å². The summed E-state index contributed by atoms with van der Waals surface area (Å²) < 4.78 is 40.8. The largest absolute Gasteiger partial charge is 0.337 e. The molecule has 0 unspecified atom stereocenters. The fraction of sp³-hybridized carbons (Fsp3) is 0.421. The Kier molecular flexibility index (Phi) is 6.28. The zero-order chi connectivity index (χ0) is 19.8. The predicted octanol–water partition coefficient (Wildman–Crippen LogP) is 2.63. The zero-order valence-corrected chi connectivity index (χ0v) is 16.3. The number of ketones is 1. The van der Waals surface area contributed by atoms with Crippen LogP contribution in [-0.4, -0.2) is 46.4 Å². The van der Waals surface area contributed by atoms with Gasteiger partial charge in [-0.2, -0.15) is 5.10 Å². The van der Waals surface area contributed by atoms with Crippen LogP contribution in [0.2, 0.25) is 0 Å². The van der Waals surface area contributed by atoms with Gasteiger partial charge >= 0.3 is 0 Å². The SMILES string of the molecule is Cl.O=C(c1c(F)cc(F)cc1F)C1CCN(C(=O)c2n[nH]c3c2CNCC3)CC1. The van der Waals surface area contributed by atoms with Crippen molar-refractivity contribution in [3.63, 3.8) is 0 Å². The monoisotopic (exact) mass is 428 g/mol. The second kappa shape index (κ2) is 8.54. The third-order valence-electron chi connectivity index (χ3n) is 5.42. The molecule has 0 atom stereocenters. The van der Waals surface area contributed by atoms with Crippen molar-refractivity contribution in [3.05, 3.63) is 52.1 Å².